The molecule has 3 atom stereocenters. The molecular weight excluding hydrogens is 412 g/mol. The molecule has 0 fully saturated rings. The molecule has 0 aromatic heterocycles. The van der Waals surface area contributed by atoms with Gasteiger partial charge in [0.05, 0.1) is 18.3 Å². The van der Waals surface area contributed by atoms with E-state index in [1.54, 1.807) is 55.6 Å². The van der Waals surface area contributed by atoms with Gasteiger partial charge in [-0.25, -0.2) is 0 Å². The number of nitrogens with two attached hydrogens (primary N) is 1. The number of nitrogen functional groups attached to an aromatic ring is 1. The van der Waals surface area contributed by atoms with E-state index in [0.29, 0.717) is 27.9 Å². The van der Waals surface area contributed by atoms with Crippen molar-refractivity contribution >= 4 is 23.4 Å². The number of benzene rings is 3. The van der Waals surface area contributed by atoms with Crippen molar-refractivity contribution in [3.05, 3.63) is 90.0 Å². The second-order valence-electron chi connectivity index (χ2n) is 6.93. The summed E-state index contributed by atoms with van der Waals surface area (Å²) in [4.78, 5) is 11.8. The zero-order valence-electron chi connectivity index (χ0n) is 17.6. The third kappa shape index (κ3) is 7.32. The summed E-state index contributed by atoms with van der Waals surface area (Å²) in [5, 5.41) is 20.3. The van der Waals surface area contributed by atoms with E-state index in [9.17, 15) is 15.0 Å². The quantitative estimate of drug-likeness (QED) is 0.382. The van der Waals surface area contributed by atoms with E-state index in [1.165, 1.54) is 17.3 Å². The molecule has 0 heterocycles. The van der Waals surface area contributed by atoms with Crippen molar-refractivity contribution in [1.29, 1.82) is 0 Å². The predicted molar refractivity (Wildman–Crippen MR) is 121 cm³/mol. The van der Waals surface area contributed by atoms with E-state index in [4.69, 9.17) is 10.5 Å². The van der Waals surface area contributed by atoms with Crippen LogP contribution in [0.15, 0.2) is 83.8 Å². The molecular formula is C24H28N2O4S. The highest BCUT2D eigenvalue weighted by atomic mass is 32.2. The molecule has 0 spiro atoms. The monoisotopic (exact) mass is 440 g/mol. The van der Waals surface area contributed by atoms with Crippen LogP contribution in [0.1, 0.15) is 29.3 Å². The first-order chi connectivity index (χ1) is 14.8. The van der Waals surface area contributed by atoms with Crippen LogP contribution in [-0.4, -0.2) is 24.3 Å². The Morgan fingerprint density at radius 1 is 1.00 bits per heavy atom. The van der Waals surface area contributed by atoms with Crippen LogP contribution in [0.4, 0.5) is 5.69 Å². The van der Waals surface area contributed by atoms with Crippen molar-refractivity contribution in [2.45, 2.75) is 29.2 Å². The molecule has 0 saturated carbocycles. The summed E-state index contributed by atoms with van der Waals surface area (Å²) in [5.74, 6) is -0.877. The van der Waals surface area contributed by atoms with Crippen molar-refractivity contribution in [3.8, 4) is 5.75 Å². The van der Waals surface area contributed by atoms with Crippen molar-refractivity contribution in [2.24, 2.45) is 0 Å². The number of para-hydroxylation sites is 1. The molecule has 0 aliphatic carbocycles. The van der Waals surface area contributed by atoms with Gasteiger partial charge in [-0.2, -0.15) is 0 Å². The van der Waals surface area contributed by atoms with E-state index in [-0.39, 0.29) is 0 Å². The lowest BCUT2D eigenvalue weighted by atomic mass is 10.1. The standard InChI is InChI=1S/C16H17NO4S.C8H11N/c1-21-11-8-6-10(7-9-11)15(14(18)16(19)20)22-13-5-3-2-4-12(13)17;1-7(9)8-5-3-2-4-6-8/h2-9,14-15,18H,17H2,1H3,(H,19,20);2-7H,9H2,1H3/t14-,15+;7-/m00/s1. The lowest BCUT2D eigenvalue weighted by Gasteiger charge is -2.24. The van der Waals surface area contributed by atoms with Crippen molar-refractivity contribution in [1.82, 2.24) is 0 Å². The van der Waals surface area contributed by atoms with Crippen LogP contribution in [0.3, 0.4) is 0 Å². The lowest BCUT2D eigenvalue weighted by Crippen LogP contribution is -2.51. The molecule has 6 nitrogen and oxygen atoms in total. The topological polar surface area (TPSA) is 123 Å². The van der Waals surface area contributed by atoms with Crippen LogP contribution in [0.25, 0.3) is 0 Å². The van der Waals surface area contributed by atoms with Gasteiger partial charge < -0.3 is 31.2 Å². The zero-order chi connectivity index (χ0) is 22.8. The maximum Gasteiger partial charge on any atom is 0.118 e. The Bertz CT molecular complexity index is 949. The number of rotatable bonds is 7. The number of quaternary nitrogens is 1. The first-order valence-electron chi connectivity index (χ1n) is 9.75. The number of carboxylic acid groups (broad SMARTS) is 1. The van der Waals surface area contributed by atoms with Gasteiger partial charge in [-0.05, 0) is 36.8 Å². The minimum Gasteiger partial charge on any atom is -0.547 e. The Balaban J connectivity index is 0.000000316. The number of aliphatic hydroxyl groups excluding tert-OH is 1. The number of hydrogen-bond donors (Lipinski definition) is 3. The SMILES string of the molecule is COc1ccc([C@@H](Sc2ccccc2N)[C@H](O)C(=O)[O-])cc1.C[C@H]([NH3+])c1ccccc1. The number of aliphatic carboxylic acids is 1. The highest BCUT2D eigenvalue weighted by molar-refractivity contribution is 7.99. The van der Waals surface area contributed by atoms with E-state index >= 15 is 0 Å². The van der Waals surface area contributed by atoms with Crippen LogP contribution >= 0.6 is 11.8 Å². The Hall–Kier alpha value is -3.00. The predicted octanol–water partition coefficient (Wildman–Crippen LogP) is 2.21. The second-order valence-corrected chi connectivity index (χ2v) is 8.11. The molecule has 31 heavy (non-hydrogen) atoms. The number of hydrogen-bond acceptors (Lipinski definition) is 6. The summed E-state index contributed by atoms with van der Waals surface area (Å²) < 4.78 is 5.08. The molecule has 3 aromatic carbocycles. The van der Waals surface area contributed by atoms with Gasteiger partial charge in [0.25, 0.3) is 0 Å². The van der Waals surface area contributed by atoms with Crippen molar-refractivity contribution < 1.29 is 25.5 Å². The minimum absolute atomic E-state index is 0.409. The lowest BCUT2D eigenvalue weighted by molar-refractivity contribution is -0.420. The fraction of sp³-hybridized carbons (Fsp3) is 0.208. The summed E-state index contributed by atoms with van der Waals surface area (Å²) >= 11 is 1.18. The van der Waals surface area contributed by atoms with E-state index < -0.39 is 17.3 Å². The van der Waals surface area contributed by atoms with E-state index in [0.717, 1.165) is 0 Å². The molecule has 0 bridgehead atoms. The molecule has 0 saturated heterocycles. The Morgan fingerprint density at radius 3 is 2.06 bits per heavy atom. The first-order valence-corrected chi connectivity index (χ1v) is 10.6. The van der Waals surface area contributed by atoms with Gasteiger partial charge in [-0.15, -0.1) is 11.8 Å². The summed E-state index contributed by atoms with van der Waals surface area (Å²) in [7, 11) is 1.54. The highest BCUT2D eigenvalue weighted by Crippen LogP contribution is 2.40. The number of anilines is 1. The molecule has 0 aliphatic heterocycles. The summed E-state index contributed by atoms with van der Waals surface area (Å²) in [6.45, 7) is 2.09. The molecule has 164 valence electrons. The average Bonchev–Trinajstić information content (AvgIpc) is 2.79. The van der Waals surface area contributed by atoms with E-state index in [2.05, 4.69) is 24.8 Å². The van der Waals surface area contributed by atoms with Crippen LogP contribution in [0.5, 0.6) is 5.75 Å². The van der Waals surface area contributed by atoms with Gasteiger partial charge >= 0.3 is 0 Å². The first kappa shape index (κ1) is 24.3. The summed E-state index contributed by atoms with van der Waals surface area (Å²) in [5.41, 5.74) is 12.3. The largest absolute Gasteiger partial charge is 0.547 e. The number of carbonyl (C=O) groups excluding carboxylic acids is 1. The summed E-state index contributed by atoms with van der Waals surface area (Å²) in [6.07, 6.45) is -1.65. The molecule has 3 aromatic rings. The van der Waals surface area contributed by atoms with E-state index in [1.807, 2.05) is 18.2 Å². The highest BCUT2D eigenvalue weighted by Gasteiger charge is 2.24. The van der Waals surface area contributed by atoms with Crippen molar-refractivity contribution in [2.75, 3.05) is 12.8 Å². The molecule has 7 heteroatoms. The molecule has 0 unspecified atom stereocenters. The maximum atomic E-state index is 11.1. The Labute approximate surface area is 186 Å². The average molecular weight is 441 g/mol. The zero-order valence-corrected chi connectivity index (χ0v) is 18.4. The molecule has 6 N–H and O–H groups in total. The van der Waals surface area contributed by atoms with Gasteiger partial charge in [-0.3, -0.25) is 0 Å². The van der Waals surface area contributed by atoms with Gasteiger partial charge in [0.1, 0.15) is 17.9 Å². The molecule has 0 amide bonds. The fourth-order valence-corrected chi connectivity index (χ4v) is 3.91. The van der Waals surface area contributed by atoms with Crippen LogP contribution < -0.4 is 21.3 Å². The molecule has 0 radical (unpaired) electrons. The third-order valence-corrected chi connectivity index (χ3v) is 5.92. The normalized spacial score (nSPS) is 13.3. The van der Waals surface area contributed by atoms with Gasteiger partial charge in [0, 0.05) is 16.1 Å². The number of thioether (sulfide) groups is 1. The van der Waals surface area contributed by atoms with Crippen molar-refractivity contribution in [3.63, 3.8) is 0 Å². The van der Waals surface area contributed by atoms with Gasteiger partial charge in [-0.1, -0.05) is 54.6 Å². The number of ether oxygens (including phenoxy) is 1. The Morgan fingerprint density at radius 2 is 1.58 bits per heavy atom. The number of carboxylic acids is 1. The number of carbonyl (C=O) groups is 1. The fourth-order valence-electron chi connectivity index (χ4n) is 2.74. The van der Waals surface area contributed by atoms with Crippen LogP contribution in [0.2, 0.25) is 0 Å². The number of aliphatic hydroxyl groups is 1. The van der Waals surface area contributed by atoms with Gasteiger partial charge in [0.15, 0.2) is 0 Å². The smallest absolute Gasteiger partial charge is 0.118 e. The third-order valence-electron chi connectivity index (χ3n) is 4.51. The second kappa shape index (κ2) is 12.0. The number of methoxy groups -OCH3 is 1. The maximum absolute atomic E-state index is 11.1. The molecule has 3 rings (SSSR count). The Kier molecular flexibility index (Phi) is 9.40. The summed E-state index contributed by atoms with van der Waals surface area (Å²) in [6, 6.07) is 24.6. The molecule has 0 aliphatic rings. The van der Waals surface area contributed by atoms with Gasteiger partial charge in [0.2, 0.25) is 0 Å². The minimum atomic E-state index is -1.65. The van der Waals surface area contributed by atoms with Crippen LogP contribution in [0, 0.1) is 0 Å². The van der Waals surface area contributed by atoms with Crippen LogP contribution in [-0.2, 0) is 4.79 Å².